The van der Waals surface area contributed by atoms with Gasteiger partial charge in [0.25, 0.3) is 5.69 Å². The number of anilines is 1. The minimum absolute atomic E-state index is 0.00519. The number of nitro benzene ring substituents is 1. The summed E-state index contributed by atoms with van der Waals surface area (Å²) in [5, 5.41) is 20.8. The van der Waals surface area contributed by atoms with Crippen molar-refractivity contribution in [1.29, 1.82) is 5.41 Å². The molecule has 0 atom stereocenters. The molecular formula is C11H17N3O2. The predicted molar refractivity (Wildman–Crippen MR) is 66.5 cm³/mol. The molecule has 5 heteroatoms. The normalized spacial score (nSPS) is 8.75. The molecule has 0 aliphatic carbocycles. The van der Waals surface area contributed by atoms with E-state index in [2.05, 4.69) is 5.32 Å². The molecule has 0 radical (unpaired) electrons. The Morgan fingerprint density at radius 1 is 1.44 bits per heavy atom. The van der Waals surface area contributed by atoms with Crippen molar-refractivity contribution in [3.05, 3.63) is 33.9 Å². The molecule has 0 heterocycles. The van der Waals surface area contributed by atoms with Crippen molar-refractivity contribution in [2.24, 2.45) is 0 Å². The second-order valence-corrected chi connectivity index (χ2v) is 2.86. The third kappa shape index (κ3) is 3.34. The summed E-state index contributed by atoms with van der Waals surface area (Å²) in [6.45, 7) is 5.60. The Labute approximate surface area is 95.2 Å². The highest BCUT2D eigenvalue weighted by molar-refractivity contribution is 6.01. The van der Waals surface area contributed by atoms with Gasteiger partial charge in [-0.05, 0) is 13.0 Å². The van der Waals surface area contributed by atoms with Gasteiger partial charge < -0.3 is 10.7 Å². The highest BCUT2D eigenvalue weighted by atomic mass is 16.6. The summed E-state index contributed by atoms with van der Waals surface area (Å²) in [5.74, 6) is 0. The molecule has 0 saturated heterocycles. The lowest BCUT2D eigenvalue weighted by molar-refractivity contribution is -0.384. The first-order valence-electron chi connectivity index (χ1n) is 5.08. The number of hydrogen-bond donors (Lipinski definition) is 2. The number of nitro groups is 1. The fourth-order valence-corrected chi connectivity index (χ4v) is 1.17. The molecule has 0 bridgehead atoms. The van der Waals surface area contributed by atoms with Gasteiger partial charge in [-0.1, -0.05) is 13.8 Å². The Kier molecular flexibility index (Phi) is 5.77. The van der Waals surface area contributed by atoms with Crippen LogP contribution in [-0.2, 0) is 0 Å². The number of non-ortho nitro benzene ring substituents is 1. The first kappa shape index (κ1) is 14.1. The van der Waals surface area contributed by atoms with Gasteiger partial charge >= 0.3 is 0 Å². The van der Waals surface area contributed by atoms with E-state index in [1.807, 2.05) is 13.8 Å². The molecule has 88 valence electrons. The maximum Gasteiger partial charge on any atom is 0.270 e. The minimum Gasteiger partial charge on any atom is -0.388 e. The van der Waals surface area contributed by atoms with Crippen molar-refractivity contribution in [2.45, 2.75) is 20.8 Å². The molecule has 1 aromatic carbocycles. The van der Waals surface area contributed by atoms with Crippen LogP contribution in [0.2, 0.25) is 0 Å². The van der Waals surface area contributed by atoms with Gasteiger partial charge in [-0.2, -0.15) is 0 Å². The van der Waals surface area contributed by atoms with Gasteiger partial charge in [0.15, 0.2) is 0 Å². The van der Waals surface area contributed by atoms with Crippen LogP contribution >= 0.6 is 0 Å². The van der Waals surface area contributed by atoms with Gasteiger partial charge in [0, 0.05) is 36.1 Å². The number of rotatable bonds is 3. The van der Waals surface area contributed by atoms with Crippen LogP contribution < -0.4 is 5.32 Å². The van der Waals surface area contributed by atoms with Gasteiger partial charge in [-0.15, -0.1) is 0 Å². The molecule has 1 aromatic rings. The summed E-state index contributed by atoms with van der Waals surface area (Å²) in [7, 11) is 1.72. The van der Waals surface area contributed by atoms with Gasteiger partial charge in [0.2, 0.25) is 0 Å². The van der Waals surface area contributed by atoms with Crippen LogP contribution in [0.5, 0.6) is 0 Å². The lowest BCUT2D eigenvalue weighted by Gasteiger charge is -2.06. The quantitative estimate of drug-likeness (QED) is 0.469. The summed E-state index contributed by atoms with van der Waals surface area (Å²) in [4.78, 5) is 10.0. The fraction of sp³-hybridized carbons (Fsp3) is 0.364. The molecule has 1 rings (SSSR count). The molecule has 0 saturated carbocycles. The van der Waals surface area contributed by atoms with Gasteiger partial charge in [-0.3, -0.25) is 10.1 Å². The Morgan fingerprint density at radius 3 is 2.38 bits per heavy atom. The third-order valence-electron chi connectivity index (χ3n) is 1.89. The number of nitrogens with zero attached hydrogens (tertiary/aromatic N) is 1. The van der Waals surface area contributed by atoms with Crippen molar-refractivity contribution in [1.82, 2.24) is 0 Å². The zero-order valence-corrected chi connectivity index (χ0v) is 10.00. The molecule has 0 aliphatic heterocycles. The van der Waals surface area contributed by atoms with Crippen LogP contribution in [0.15, 0.2) is 18.2 Å². The molecule has 5 nitrogen and oxygen atoms in total. The van der Waals surface area contributed by atoms with Crippen molar-refractivity contribution >= 4 is 17.1 Å². The average Bonchev–Trinajstić information content (AvgIpc) is 2.30. The van der Waals surface area contributed by atoms with Gasteiger partial charge in [0.05, 0.1) is 4.92 Å². The summed E-state index contributed by atoms with van der Waals surface area (Å²) in [6, 6.07) is 4.41. The van der Waals surface area contributed by atoms with E-state index in [0.29, 0.717) is 11.3 Å². The summed E-state index contributed by atoms with van der Waals surface area (Å²) in [5.41, 5.74) is 1.59. The largest absolute Gasteiger partial charge is 0.388 e. The molecular weight excluding hydrogens is 206 g/mol. The van der Waals surface area contributed by atoms with Crippen LogP contribution in [0.3, 0.4) is 0 Å². The maximum absolute atomic E-state index is 10.5. The van der Waals surface area contributed by atoms with Crippen molar-refractivity contribution in [3.8, 4) is 0 Å². The number of benzene rings is 1. The lowest BCUT2D eigenvalue weighted by Crippen LogP contribution is -2.01. The molecule has 0 spiro atoms. The molecule has 0 aromatic heterocycles. The average molecular weight is 223 g/mol. The van der Waals surface area contributed by atoms with E-state index in [-0.39, 0.29) is 5.69 Å². The molecule has 16 heavy (non-hydrogen) atoms. The second-order valence-electron chi connectivity index (χ2n) is 2.86. The van der Waals surface area contributed by atoms with Crippen LogP contribution in [0.25, 0.3) is 0 Å². The van der Waals surface area contributed by atoms with E-state index in [0.717, 1.165) is 5.69 Å². The Hall–Kier alpha value is -1.91. The van der Waals surface area contributed by atoms with Crippen LogP contribution in [0.4, 0.5) is 11.4 Å². The van der Waals surface area contributed by atoms with Crippen molar-refractivity contribution in [2.75, 3.05) is 12.4 Å². The van der Waals surface area contributed by atoms with Crippen LogP contribution in [-0.4, -0.2) is 17.7 Å². The Bertz CT molecular complexity index is 389. The fourth-order valence-electron chi connectivity index (χ4n) is 1.17. The first-order chi connectivity index (χ1) is 7.56. The molecule has 0 aliphatic rings. The molecule has 0 fully saturated rings. The predicted octanol–water partition coefficient (Wildman–Crippen LogP) is 3.05. The second kappa shape index (κ2) is 6.55. The highest BCUT2D eigenvalue weighted by Crippen LogP contribution is 2.21. The summed E-state index contributed by atoms with van der Waals surface area (Å²) < 4.78 is 0. The van der Waals surface area contributed by atoms with E-state index in [4.69, 9.17) is 5.41 Å². The van der Waals surface area contributed by atoms with Gasteiger partial charge in [-0.25, -0.2) is 0 Å². The van der Waals surface area contributed by atoms with E-state index in [1.54, 1.807) is 20.0 Å². The van der Waals surface area contributed by atoms with Crippen molar-refractivity contribution in [3.63, 3.8) is 0 Å². The Balaban J connectivity index is 0.00000106. The first-order valence-corrected chi connectivity index (χ1v) is 5.08. The van der Waals surface area contributed by atoms with Gasteiger partial charge in [0.1, 0.15) is 0 Å². The minimum atomic E-state index is -0.466. The third-order valence-corrected chi connectivity index (χ3v) is 1.89. The number of hydrogen-bond acceptors (Lipinski definition) is 4. The maximum atomic E-state index is 10.5. The van der Waals surface area contributed by atoms with Crippen LogP contribution in [0, 0.1) is 15.5 Å². The Morgan fingerprint density at radius 2 is 2.00 bits per heavy atom. The SMILES string of the molecule is CC.CNc1ccc([N+](=O)[O-])cc1C(C)=N. The van der Waals surface area contributed by atoms with E-state index < -0.39 is 4.92 Å². The van der Waals surface area contributed by atoms with E-state index >= 15 is 0 Å². The zero-order valence-electron chi connectivity index (χ0n) is 10.00. The van der Waals surface area contributed by atoms with E-state index in [9.17, 15) is 10.1 Å². The van der Waals surface area contributed by atoms with Crippen molar-refractivity contribution < 1.29 is 4.92 Å². The highest BCUT2D eigenvalue weighted by Gasteiger charge is 2.10. The van der Waals surface area contributed by atoms with E-state index in [1.165, 1.54) is 12.1 Å². The monoisotopic (exact) mass is 223 g/mol. The topological polar surface area (TPSA) is 79.0 Å². The standard InChI is InChI=1S/C9H11N3O2.C2H6/c1-6(10)8-5-7(12(13)14)3-4-9(8)11-2;1-2/h3-5,10-11H,1-2H3;1-2H3. The molecule has 0 amide bonds. The molecule has 2 N–H and O–H groups in total. The summed E-state index contributed by atoms with van der Waals surface area (Å²) >= 11 is 0. The number of nitrogens with one attached hydrogen (secondary N) is 2. The van der Waals surface area contributed by atoms with Crippen LogP contribution in [0.1, 0.15) is 26.3 Å². The lowest BCUT2D eigenvalue weighted by atomic mass is 10.1. The summed E-state index contributed by atoms with van der Waals surface area (Å²) in [6.07, 6.45) is 0. The smallest absolute Gasteiger partial charge is 0.270 e. The molecule has 0 unspecified atom stereocenters. The zero-order chi connectivity index (χ0) is 12.7.